The van der Waals surface area contributed by atoms with Crippen LogP contribution in [0.25, 0.3) is 16.7 Å². The van der Waals surface area contributed by atoms with Crippen molar-refractivity contribution in [2.45, 2.75) is 38.7 Å². The Balaban J connectivity index is 1.27. The van der Waals surface area contributed by atoms with E-state index in [0.717, 1.165) is 70.9 Å². The van der Waals surface area contributed by atoms with E-state index in [-0.39, 0.29) is 5.78 Å². The molecule has 7 nitrogen and oxygen atoms in total. The molecule has 0 radical (unpaired) electrons. The molecule has 2 aliphatic rings. The maximum absolute atomic E-state index is 13.0. The minimum Gasteiger partial charge on any atom is -0.486 e. The molecule has 0 amide bonds. The lowest BCUT2D eigenvalue weighted by atomic mass is 9.82. The molecule has 6 rings (SSSR count). The molecule has 7 heteroatoms. The Morgan fingerprint density at radius 3 is 2.55 bits per heavy atom. The Morgan fingerprint density at radius 2 is 1.76 bits per heavy atom. The van der Waals surface area contributed by atoms with E-state index in [2.05, 4.69) is 26.9 Å². The largest absolute Gasteiger partial charge is 0.486 e. The molecule has 4 aromatic rings. The molecule has 1 spiro atoms. The average molecular weight is 440 g/mol. The monoisotopic (exact) mass is 439 g/mol. The number of rotatable bonds is 2. The van der Waals surface area contributed by atoms with E-state index in [1.54, 1.807) is 6.33 Å². The van der Waals surface area contributed by atoms with Gasteiger partial charge in [-0.15, -0.1) is 0 Å². The molecule has 1 fully saturated rings. The molecule has 0 saturated carbocycles. The first-order chi connectivity index (χ1) is 16.0. The predicted octanol–water partition coefficient (Wildman–Crippen LogP) is 4.44. The molecule has 1 saturated heterocycles. The van der Waals surface area contributed by atoms with Crippen LogP contribution in [-0.2, 0) is 0 Å². The Morgan fingerprint density at radius 1 is 1.00 bits per heavy atom. The van der Waals surface area contributed by atoms with Crippen molar-refractivity contribution in [1.29, 1.82) is 0 Å². The van der Waals surface area contributed by atoms with E-state index in [4.69, 9.17) is 4.74 Å². The molecule has 166 valence electrons. The van der Waals surface area contributed by atoms with Gasteiger partial charge in [-0.2, -0.15) is 5.10 Å². The second kappa shape index (κ2) is 7.40. The predicted molar refractivity (Wildman–Crippen MR) is 126 cm³/mol. The summed E-state index contributed by atoms with van der Waals surface area (Å²) >= 11 is 0. The normalized spacial score (nSPS) is 17.3. The molecule has 0 bridgehead atoms. The van der Waals surface area contributed by atoms with Crippen molar-refractivity contribution in [2.75, 3.05) is 18.0 Å². The smallest absolute Gasteiger partial charge is 0.170 e. The number of benzene rings is 2. The molecule has 0 aliphatic carbocycles. The number of hydrogen-bond acceptors (Lipinski definition) is 6. The van der Waals surface area contributed by atoms with Gasteiger partial charge in [0.15, 0.2) is 11.4 Å². The number of aryl methyl sites for hydroxylation is 2. The van der Waals surface area contributed by atoms with Crippen LogP contribution in [0.15, 0.2) is 55.0 Å². The summed E-state index contributed by atoms with van der Waals surface area (Å²) in [6.07, 6.45) is 5.41. The summed E-state index contributed by atoms with van der Waals surface area (Å²) in [5.74, 6) is 1.80. The van der Waals surface area contributed by atoms with E-state index < -0.39 is 5.60 Å². The highest BCUT2D eigenvalue weighted by Crippen LogP contribution is 2.41. The number of fused-ring (bicyclic) bond motifs is 2. The number of carbonyl (C=O) groups is 1. The third kappa shape index (κ3) is 3.26. The fraction of sp³-hybridized carbons (Fsp3) is 0.308. The van der Waals surface area contributed by atoms with Gasteiger partial charge in [0, 0.05) is 25.9 Å². The van der Waals surface area contributed by atoms with Crippen molar-refractivity contribution in [1.82, 2.24) is 19.7 Å². The maximum Gasteiger partial charge on any atom is 0.170 e. The third-order valence-electron chi connectivity index (χ3n) is 7.03. The first-order valence-corrected chi connectivity index (χ1v) is 11.4. The van der Waals surface area contributed by atoms with E-state index in [1.165, 1.54) is 0 Å². The molecule has 2 aromatic heterocycles. The number of para-hydroxylation sites is 1. The van der Waals surface area contributed by atoms with E-state index in [1.807, 2.05) is 60.3 Å². The molecule has 4 heterocycles. The molecular weight excluding hydrogens is 414 g/mol. The zero-order valence-electron chi connectivity index (χ0n) is 18.8. The Kier molecular flexibility index (Phi) is 4.47. The standard InChI is InChI=1S/C26H25N5O2/c1-17-12-20-22(32)14-26(33-23(20)13-18(17)2)8-10-30(11-9-26)24-21-15-29-31(25(21)28-16-27-24)19-6-4-3-5-7-19/h3-7,12-13,15-16H,8-11,14H2,1-2H3. The highest BCUT2D eigenvalue weighted by atomic mass is 16.5. The molecule has 2 aliphatic heterocycles. The Hall–Kier alpha value is -3.74. The Labute approximate surface area is 192 Å². The van der Waals surface area contributed by atoms with Crippen LogP contribution in [0.1, 0.15) is 40.7 Å². The van der Waals surface area contributed by atoms with Gasteiger partial charge in [0.25, 0.3) is 0 Å². The first kappa shape index (κ1) is 19.9. The summed E-state index contributed by atoms with van der Waals surface area (Å²) < 4.78 is 8.35. The van der Waals surface area contributed by atoms with Crippen molar-refractivity contribution in [3.8, 4) is 11.4 Å². The summed E-state index contributed by atoms with van der Waals surface area (Å²) in [5.41, 5.74) is 4.30. The summed E-state index contributed by atoms with van der Waals surface area (Å²) in [6.45, 7) is 5.61. The number of hydrogen-bond donors (Lipinski definition) is 0. The van der Waals surface area contributed by atoms with Crippen molar-refractivity contribution >= 4 is 22.6 Å². The van der Waals surface area contributed by atoms with Crippen LogP contribution in [0.2, 0.25) is 0 Å². The van der Waals surface area contributed by atoms with Crippen molar-refractivity contribution in [2.24, 2.45) is 0 Å². The number of aromatic nitrogens is 4. The van der Waals surface area contributed by atoms with Crippen molar-refractivity contribution < 1.29 is 9.53 Å². The number of ketones is 1. The topological polar surface area (TPSA) is 73.1 Å². The highest BCUT2D eigenvalue weighted by Gasteiger charge is 2.43. The second-order valence-electron chi connectivity index (χ2n) is 9.13. The van der Waals surface area contributed by atoms with E-state index >= 15 is 0 Å². The van der Waals surface area contributed by atoms with Crippen LogP contribution in [-0.4, -0.2) is 44.2 Å². The number of carbonyl (C=O) groups excluding carboxylic acids is 1. The number of Topliss-reactive ketones (excluding diaryl/α,β-unsaturated/α-hetero) is 1. The lowest BCUT2D eigenvalue weighted by Gasteiger charge is -2.44. The molecule has 0 unspecified atom stereocenters. The van der Waals surface area contributed by atoms with Gasteiger partial charge in [-0.3, -0.25) is 4.79 Å². The summed E-state index contributed by atoms with van der Waals surface area (Å²) in [7, 11) is 0. The fourth-order valence-electron chi connectivity index (χ4n) is 5.00. The fourth-order valence-corrected chi connectivity index (χ4v) is 5.00. The SMILES string of the molecule is Cc1cc2c(cc1C)C(=O)CC1(CCN(c3ncnc4c3cnn4-c3ccccc3)CC1)O2. The van der Waals surface area contributed by atoms with Gasteiger partial charge in [0.2, 0.25) is 0 Å². The lowest BCUT2D eigenvalue weighted by molar-refractivity contribution is 0.0231. The van der Waals surface area contributed by atoms with Gasteiger partial charge in [0.05, 0.1) is 29.3 Å². The molecule has 2 aromatic carbocycles. The minimum absolute atomic E-state index is 0.182. The quantitative estimate of drug-likeness (QED) is 0.460. The summed E-state index contributed by atoms with van der Waals surface area (Å²) in [4.78, 5) is 24.3. The van der Waals surface area contributed by atoms with Gasteiger partial charge < -0.3 is 9.64 Å². The average Bonchev–Trinajstić information content (AvgIpc) is 3.26. The van der Waals surface area contributed by atoms with Crippen LogP contribution < -0.4 is 9.64 Å². The van der Waals surface area contributed by atoms with Crippen LogP contribution in [0.5, 0.6) is 5.75 Å². The number of anilines is 1. The Bertz CT molecular complexity index is 1370. The lowest BCUT2D eigenvalue weighted by Crippen LogP contribution is -2.51. The number of piperidine rings is 1. The minimum atomic E-state index is -0.442. The summed E-state index contributed by atoms with van der Waals surface area (Å²) in [5, 5.41) is 5.50. The van der Waals surface area contributed by atoms with Gasteiger partial charge in [0.1, 0.15) is 23.5 Å². The molecule has 0 N–H and O–H groups in total. The van der Waals surface area contributed by atoms with Gasteiger partial charge >= 0.3 is 0 Å². The van der Waals surface area contributed by atoms with Crippen molar-refractivity contribution in [3.05, 3.63) is 71.7 Å². The molecule has 0 atom stereocenters. The molecule has 33 heavy (non-hydrogen) atoms. The number of ether oxygens (including phenoxy) is 1. The number of nitrogens with zero attached hydrogens (tertiary/aromatic N) is 5. The summed E-state index contributed by atoms with van der Waals surface area (Å²) in [6, 6.07) is 14.0. The second-order valence-corrected chi connectivity index (χ2v) is 9.13. The van der Waals surface area contributed by atoms with Crippen LogP contribution in [0.4, 0.5) is 5.82 Å². The van der Waals surface area contributed by atoms with Gasteiger partial charge in [-0.25, -0.2) is 14.6 Å². The van der Waals surface area contributed by atoms with E-state index in [9.17, 15) is 4.79 Å². The maximum atomic E-state index is 13.0. The van der Waals surface area contributed by atoms with Crippen LogP contribution in [0.3, 0.4) is 0 Å². The van der Waals surface area contributed by atoms with Gasteiger partial charge in [-0.1, -0.05) is 18.2 Å². The zero-order valence-corrected chi connectivity index (χ0v) is 18.8. The highest BCUT2D eigenvalue weighted by molar-refractivity contribution is 6.00. The molecular formula is C26H25N5O2. The van der Waals surface area contributed by atoms with Crippen LogP contribution in [0, 0.1) is 13.8 Å². The van der Waals surface area contributed by atoms with Crippen molar-refractivity contribution in [3.63, 3.8) is 0 Å². The van der Waals surface area contributed by atoms with E-state index in [0.29, 0.717) is 6.42 Å². The van der Waals surface area contributed by atoms with Gasteiger partial charge in [-0.05, 0) is 49.2 Å². The third-order valence-corrected chi connectivity index (χ3v) is 7.03. The van der Waals surface area contributed by atoms with Crippen LogP contribution >= 0.6 is 0 Å². The zero-order chi connectivity index (χ0) is 22.6. The first-order valence-electron chi connectivity index (χ1n) is 11.4.